The van der Waals surface area contributed by atoms with Crippen LogP contribution in [0.5, 0.6) is 5.75 Å². The maximum Gasteiger partial charge on any atom is 0.123 e. The number of nitrogens with zero attached hydrogens (tertiary/aromatic N) is 1. The molecule has 0 spiro atoms. The highest BCUT2D eigenvalue weighted by Crippen LogP contribution is 2.33. The second-order valence-electron chi connectivity index (χ2n) is 5.75. The van der Waals surface area contributed by atoms with Crippen molar-refractivity contribution >= 4 is 0 Å². The topological polar surface area (TPSA) is 24.5 Å². The Morgan fingerprint density at radius 2 is 2.21 bits per heavy atom. The number of benzene rings is 1. The van der Waals surface area contributed by atoms with E-state index >= 15 is 0 Å². The van der Waals surface area contributed by atoms with Crippen LogP contribution >= 0.6 is 0 Å². The molecule has 1 aliphatic heterocycles. The van der Waals surface area contributed by atoms with Crippen LogP contribution in [0.3, 0.4) is 0 Å². The standard InChI is InChI=1S/C16H26N2O/c1-12-7-8-16(19-4)14(10-12)15(18(2)3)11-13-6-5-9-17-13/h7-8,10,13,15,17H,5-6,9,11H2,1-4H3. The molecule has 2 atom stereocenters. The number of hydrogen-bond donors (Lipinski definition) is 1. The summed E-state index contributed by atoms with van der Waals surface area (Å²) in [6, 6.07) is 7.51. The van der Waals surface area contributed by atoms with Crippen LogP contribution in [0.15, 0.2) is 18.2 Å². The number of ether oxygens (including phenoxy) is 1. The molecule has 1 saturated heterocycles. The van der Waals surface area contributed by atoms with Gasteiger partial charge in [0.1, 0.15) is 5.75 Å². The van der Waals surface area contributed by atoms with Crippen molar-refractivity contribution in [1.82, 2.24) is 10.2 Å². The summed E-state index contributed by atoms with van der Waals surface area (Å²) in [5.74, 6) is 1.00. The molecule has 1 aliphatic rings. The minimum Gasteiger partial charge on any atom is -0.496 e. The molecule has 1 fully saturated rings. The van der Waals surface area contributed by atoms with Gasteiger partial charge in [0.05, 0.1) is 7.11 Å². The Morgan fingerprint density at radius 3 is 2.79 bits per heavy atom. The normalized spacial score (nSPS) is 20.8. The summed E-state index contributed by atoms with van der Waals surface area (Å²) < 4.78 is 5.55. The van der Waals surface area contributed by atoms with Crippen molar-refractivity contribution in [3.63, 3.8) is 0 Å². The number of aryl methyl sites for hydroxylation is 1. The average Bonchev–Trinajstić information content (AvgIpc) is 2.88. The van der Waals surface area contributed by atoms with E-state index in [0.717, 1.165) is 18.7 Å². The van der Waals surface area contributed by atoms with Crippen molar-refractivity contribution in [2.45, 2.75) is 38.3 Å². The van der Waals surface area contributed by atoms with Crippen LogP contribution in [0.25, 0.3) is 0 Å². The van der Waals surface area contributed by atoms with Gasteiger partial charge in [0, 0.05) is 17.6 Å². The van der Waals surface area contributed by atoms with E-state index in [-0.39, 0.29) is 0 Å². The zero-order valence-corrected chi connectivity index (χ0v) is 12.6. The second kappa shape index (κ2) is 6.40. The van der Waals surface area contributed by atoms with Crippen molar-refractivity contribution in [2.24, 2.45) is 0 Å². The molecule has 0 bridgehead atoms. The molecule has 0 saturated carbocycles. The monoisotopic (exact) mass is 262 g/mol. The van der Waals surface area contributed by atoms with Crippen molar-refractivity contribution in [2.75, 3.05) is 27.7 Å². The van der Waals surface area contributed by atoms with Gasteiger partial charge in [-0.25, -0.2) is 0 Å². The number of methoxy groups -OCH3 is 1. The highest BCUT2D eigenvalue weighted by atomic mass is 16.5. The van der Waals surface area contributed by atoms with Crippen molar-refractivity contribution in [3.05, 3.63) is 29.3 Å². The van der Waals surface area contributed by atoms with E-state index in [4.69, 9.17) is 4.74 Å². The van der Waals surface area contributed by atoms with E-state index in [9.17, 15) is 0 Å². The maximum atomic E-state index is 5.55. The first-order valence-electron chi connectivity index (χ1n) is 7.16. The summed E-state index contributed by atoms with van der Waals surface area (Å²) in [5, 5.41) is 3.60. The predicted molar refractivity (Wildman–Crippen MR) is 79.8 cm³/mol. The Hall–Kier alpha value is -1.06. The van der Waals surface area contributed by atoms with E-state index in [1.807, 2.05) is 0 Å². The molecule has 19 heavy (non-hydrogen) atoms. The lowest BCUT2D eigenvalue weighted by molar-refractivity contribution is 0.255. The summed E-state index contributed by atoms with van der Waals surface area (Å²) in [4.78, 5) is 2.30. The van der Waals surface area contributed by atoms with Gasteiger partial charge in [0.25, 0.3) is 0 Å². The zero-order valence-electron chi connectivity index (χ0n) is 12.6. The minimum absolute atomic E-state index is 0.408. The van der Waals surface area contributed by atoms with E-state index in [0.29, 0.717) is 12.1 Å². The fourth-order valence-electron chi connectivity index (χ4n) is 2.96. The highest BCUT2D eigenvalue weighted by molar-refractivity contribution is 5.39. The molecule has 1 heterocycles. The van der Waals surface area contributed by atoms with Crippen LogP contribution in [-0.2, 0) is 0 Å². The predicted octanol–water partition coefficient (Wildman–Crippen LogP) is 2.75. The molecule has 0 aromatic heterocycles. The summed E-state index contributed by atoms with van der Waals surface area (Å²) >= 11 is 0. The van der Waals surface area contributed by atoms with E-state index in [1.165, 1.54) is 24.0 Å². The summed E-state index contributed by atoms with van der Waals surface area (Å²) in [7, 11) is 6.07. The van der Waals surface area contributed by atoms with Gasteiger partial charge in [-0.15, -0.1) is 0 Å². The van der Waals surface area contributed by atoms with Crippen molar-refractivity contribution < 1.29 is 4.74 Å². The molecule has 2 rings (SSSR count). The van der Waals surface area contributed by atoms with Crippen LogP contribution in [0.1, 0.15) is 36.4 Å². The smallest absolute Gasteiger partial charge is 0.123 e. The fourth-order valence-corrected chi connectivity index (χ4v) is 2.96. The maximum absolute atomic E-state index is 5.55. The lowest BCUT2D eigenvalue weighted by Crippen LogP contribution is -2.30. The molecule has 0 amide bonds. The third-order valence-corrected chi connectivity index (χ3v) is 4.04. The van der Waals surface area contributed by atoms with Gasteiger partial charge >= 0.3 is 0 Å². The van der Waals surface area contributed by atoms with Crippen LogP contribution in [-0.4, -0.2) is 38.7 Å². The molecule has 3 nitrogen and oxygen atoms in total. The molecular formula is C16H26N2O. The van der Waals surface area contributed by atoms with Gasteiger partial charge in [-0.2, -0.15) is 0 Å². The molecular weight excluding hydrogens is 236 g/mol. The number of hydrogen-bond acceptors (Lipinski definition) is 3. The van der Waals surface area contributed by atoms with E-state index in [1.54, 1.807) is 7.11 Å². The van der Waals surface area contributed by atoms with Crippen LogP contribution in [0.2, 0.25) is 0 Å². The van der Waals surface area contributed by atoms with Gasteiger partial charge in [-0.3, -0.25) is 0 Å². The number of rotatable bonds is 5. The van der Waals surface area contributed by atoms with Gasteiger partial charge in [0.2, 0.25) is 0 Å². The van der Waals surface area contributed by atoms with Crippen molar-refractivity contribution in [1.29, 1.82) is 0 Å². The molecule has 1 aromatic carbocycles. The molecule has 2 unspecified atom stereocenters. The number of nitrogens with one attached hydrogen (secondary N) is 1. The van der Waals surface area contributed by atoms with Gasteiger partial charge < -0.3 is 15.0 Å². The van der Waals surface area contributed by atoms with Crippen LogP contribution < -0.4 is 10.1 Å². The quantitative estimate of drug-likeness (QED) is 0.883. The Balaban J connectivity index is 2.24. The molecule has 0 radical (unpaired) electrons. The Bertz CT molecular complexity index is 411. The third-order valence-electron chi connectivity index (χ3n) is 4.04. The molecule has 0 aliphatic carbocycles. The minimum atomic E-state index is 0.408. The fraction of sp³-hybridized carbons (Fsp3) is 0.625. The van der Waals surface area contributed by atoms with Gasteiger partial charge in [-0.1, -0.05) is 17.7 Å². The van der Waals surface area contributed by atoms with Crippen LogP contribution in [0.4, 0.5) is 0 Å². The van der Waals surface area contributed by atoms with Gasteiger partial charge in [-0.05, 0) is 52.9 Å². The van der Waals surface area contributed by atoms with Crippen LogP contribution in [0, 0.1) is 6.92 Å². The highest BCUT2D eigenvalue weighted by Gasteiger charge is 2.24. The first-order chi connectivity index (χ1) is 9.11. The average molecular weight is 262 g/mol. The Kier molecular flexibility index (Phi) is 4.83. The van der Waals surface area contributed by atoms with E-state index in [2.05, 4.69) is 49.4 Å². The molecule has 106 valence electrons. The Morgan fingerprint density at radius 1 is 1.42 bits per heavy atom. The summed E-state index contributed by atoms with van der Waals surface area (Å²) in [6.07, 6.45) is 3.74. The first kappa shape index (κ1) is 14.4. The molecule has 3 heteroatoms. The van der Waals surface area contributed by atoms with Crippen molar-refractivity contribution in [3.8, 4) is 5.75 Å². The SMILES string of the molecule is COc1ccc(C)cc1C(CC1CCCN1)N(C)C. The van der Waals surface area contributed by atoms with E-state index < -0.39 is 0 Å². The molecule has 1 N–H and O–H groups in total. The second-order valence-corrected chi connectivity index (χ2v) is 5.75. The first-order valence-corrected chi connectivity index (χ1v) is 7.16. The largest absolute Gasteiger partial charge is 0.496 e. The molecule has 1 aromatic rings. The van der Waals surface area contributed by atoms with Gasteiger partial charge in [0.15, 0.2) is 0 Å². The third kappa shape index (κ3) is 3.48. The summed E-state index contributed by atoms with van der Waals surface area (Å²) in [6.45, 7) is 3.30. The lowest BCUT2D eigenvalue weighted by atomic mass is 9.95. The Labute approximate surface area is 116 Å². The lowest BCUT2D eigenvalue weighted by Gasteiger charge is -2.29. The zero-order chi connectivity index (χ0) is 13.8. The summed E-state index contributed by atoms with van der Waals surface area (Å²) in [5.41, 5.74) is 2.60.